The Hall–Kier alpha value is -2.31. The SMILES string of the molecule is CCCCN(CCC1CCCCC1)Cc1ccc(C(=O)O[C@@H](CCSC)C(=O)OC)c(-c2ccccc2C)c1. The molecule has 0 saturated heterocycles. The molecule has 3 rings (SSSR count). The Morgan fingerprint density at radius 2 is 1.82 bits per heavy atom. The number of ether oxygens (including phenoxy) is 2. The highest BCUT2D eigenvalue weighted by atomic mass is 32.2. The summed E-state index contributed by atoms with van der Waals surface area (Å²) < 4.78 is 10.6. The second kappa shape index (κ2) is 16.7. The van der Waals surface area contributed by atoms with Crippen LogP contribution in [0.4, 0.5) is 0 Å². The average molecular weight is 554 g/mol. The second-order valence-electron chi connectivity index (χ2n) is 10.8. The van der Waals surface area contributed by atoms with Crippen molar-refractivity contribution in [1.82, 2.24) is 4.90 Å². The van der Waals surface area contributed by atoms with Gasteiger partial charge in [0.05, 0.1) is 12.7 Å². The molecule has 0 amide bonds. The molecule has 0 radical (unpaired) electrons. The predicted octanol–water partition coefficient (Wildman–Crippen LogP) is 7.69. The van der Waals surface area contributed by atoms with E-state index >= 15 is 0 Å². The Morgan fingerprint density at radius 3 is 2.51 bits per heavy atom. The minimum Gasteiger partial charge on any atom is -0.466 e. The lowest BCUT2D eigenvalue weighted by molar-refractivity contribution is -0.150. The molecule has 39 heavy (non-hydrogen) atoms. The molecule has 1 aliphatic carbocycles. The Morgan fingerprint density at radius 1 is 1.05 bits per heavy atom. The lowest BCUT2D eigenvalue weighted by atomic mass is 9.87. The van der Waals surface area contributed by atoms with Gasteiger partial charge in [0.1, 0.15) is 0 Å². The van der Waals surface area contributed by atoms with Crippen molar-refractivity contribution in [3.05, 3.63) is 59.2 Å². The number of carbonyl (C=O) groups is 2. The van der Waals surface area contributed by atoms with E-state index in [1.165, 1.54) is 64.0 Å². The zero-order chi connectivity index (χ0) is 28.0. The standard InChI is InChI=1S/C33H47NO4S/c1-5-6-20-34(21-18-26-13-8-7-9-14-26)24-27-16-17-29(30(23-27)28-15-11-10-12-25(28)2)32(35)38-31(19-22-39-4)33(36)37-3/h10-12,15-17,23,26,31H,5-9,13-14,18-22,24H2,1-4H3/t31-/m0/s1. The zero-order valence-corrected chi connectivity index (χ0v) is 25.2. The number of nitrogens with zero attached hydrogens (tertiary/aromatic N) is 1. The van der Waals surface area contributed by atoms with Crippen LogP contribution in [0.3, 0.4) is 0 Å². The number of carbonyl (C=O) groups excluding carboxylic acids is 2. The molecule has 0 bridgehead atoms. The maximum atomic E-state index is 13.4. The van der Waals surface area contributed by atoms with E-state index in [2.05, 4.69) is 36.9 Å². The summed E-state index contributed by atoms with van der Waals surface area (Å²) in [7, 11) is 1.33. The average Bonchev–Trinajstić information content (AvgIpc) is 2.96. The van der Waals surface area contributed by atoms with Crippen molar-refractivity contribution >= 4 is 23.7 Å². The fraction of sp³-hybridized carbons (Fsp3) is 0.576. The molecule has 0 unspecified atom stereocenters. The highest BCUT2D eigenvalue weighted by Gasteiger charge is 2.26. The van der Waals surface area contributed by atoms with Crippen molar-refractivity contribution in [1.29, 1.82) is 0 Å². The van der Waals surface area contributed by atoms with Gasteiger partial charge < -0.3 is 9.47 Å². The van der Waals surface area contributed by atoms with Gasteiger partial charge in [-0.05, 0) is 85.2 Å². The number of unbranched alkanes of at least 4 members (excludes halogenated alkanes) is 1. The molecule has 1 aliphatic rings. The van der Waals surface area contributed by atoms with E-state index in [0.29, 0.717) is 17.7 Å². The lowest BCUT2D eigenvalue weighted by Gasteiger charge is -2.27. The van der Waals surface area contributed by atoms with E-state index in [4.69, 9.17) is 9.47 Å². The van der Waals surface area contributed by atoms with Gasteiger partial charge in [0.15, 0.2) is 6.10 Å². The first-order valence-corrected chi connectivity index (χ1v) is 16.0. The molecule has 2 aromatic carbocycles. The van der Waals surface area contributed by atoms with E-state index in [9.17, 15) is 9.59 Å². The molecule has 0 N–H and O–H groups in total. The summed E-state index contributed by atoms with van der Waals surface area (Å²) in [6.07, 6.45) is 12.0. The van der Waals surface area contributed by atoms with E-state index in [-0.39, 0.29) is 0 Å². The summed E-state index contributed by atoms with van der Waals surface area (Å²) in [5.74, 6) is 0.550. The summed E-state index contributed by atoms with van der Waals surface area (Å²) >= 11 is 1.60. The lowest BCUT2D eigenvalue weighted by Crippen LogP contribution is -2.29. The van der Waals surface area contributed by atoms with Gasteiger partial charge in [-0.1, -0.05) is 75.8 Å². The van der Waals surface area contributed by atoms with E-state index < -0.39 is 18.0 Å². The molecule has 0 spiro atoms. The Bertz CT molecular complexity index is 1050. The van der Waals surface area contributed by atoms with Crippen molar-refractivity contribution in [2.24, 2.45) is 5.92 Å². The van der Waals surface area contributed by atoms with Gasteiger partial charge in [-0.2, -0.15) is 11.8 Å². The molecule has 5 nitrogen and oxygen atoms in total. The monoisotopic (exact) mass is 553 g/mol. The van der Waals surface area contributed by atoms with Gasteiger partial charge in [-0.15, -0.1) is 0 Å². The third-order valence-corrected chi connectivity index (χ3v) is 8.49. The third-order valence-electron chi connectivity index (χ3n) is 7.85. The van der Waals surface area contributed by atoms with Gasteiger partial charge in [0, 0.05) is 13.0 Å². The van der Waals surface area contributed by atoms with Crippen LogP contribution < -0.4 is 0 Å². The quantitative estimate of drug-likeness (QED) is 0.211. The van der Waals surface area contributed by atoms with Crippen molar-refractivity contribution in [3.63, 3.8) is 0 Å². The van der Waals surface area contributed by atoms with Crippen molar-refractivity contribution in [2.75, 3.05) is 32.2 Å². The highest BCUT2D eigenvalue weighted by Crippen LogP contribution is 2.30. The van der Waals surface area contributed by atoms with Crippen LogP contribution in [0.1, 0.15) is 86.2 Å². The zero-order valence-electron chi connectivity index (χ0n) is 24.4. The largest absolute Gasteiger partial charge is 0.466 e. The summed E-state index contributed by atoms with van der Waals surface area (Å²) in [6, 6.07) is 14.2. The van der Waals surface area contributed by atoms with E-state index in [1.807, 2.05) is 30.5 Å². The number of esters is 2. The number of benzene rings is 2. The molecule has 214 valence electrons. The van der Waals surface area contributed by atoms with Crippen LogP contribution in [0.2, 0.25) is 0 Å². The summed E-state index contributed by atoms with van der Waals surface area (Å²) in [4.78, 5) is 28.4. The van der Waals surface area contributed by atoms with Gasteiger partial charge in [0.25, 0.3) is 0 Å². The van der Waals surface area contributed by atoms with Crippen LogP contribution in [0.15, 0.2) is 42.5 Å². The first kappa shape index (κ1) is 31.2. The molecular formula is C33H47NO4S. The molecule has 1 atom stereocenters. The molecule has 0 heterocycles. The van der Waals surface area contributed by atoms with E-state index in [1.54, 1.807) is 11.8 Å². The molecule has 2 aromatic rings. The smallest absolute Gasteiger partial charge is 0.347 e. The van der Waals surface area contributed by atoms with Crippen LogP contribution in [0, 0.1) is 12.8 Å². The second-order valence-corrected chi connectivity index (χ2v) is 11.8. The normalized spacial score (nSPS) is 14.8. The summed E-state index contributed by atoms with van der Waals surface area (Å²) in [5, 5.41) is 0. The Labute approximate surface area is 240 Å². The van der Waals surface area contributed by atoms with Crippen molar-refractivity contribution in [2.45, 2.75) is 84.3 Å². The van der Waals surface area contributed by atoms with Crippen molar-refractivity contribution < 1.29 is 19.1 Å². The van der Waals surface area contributed by atoms with Gasteiger partial charge >= 0.3 is 11.9 Å². The van der Waals surface area contributed by atoms with Crippen LogP contribution in [0.5, 0.6) is 0 Å². The number of thioether (sulfide) groups is 1. The van der Waals surface area contributed by atoms with Crippen LogP contribution in [0.25, 0.3) is 11.1 Å². The predicted molar refractivity (Wildman–Crippen MR) is 162 cm³/mol. The van der Waals surface area contributed by atoms with Gasteiger partial charge in [-0.25, -0.2) is 9.59 Å². The van der Waals surface area contributed by atoms with Crippen LogP contribution in [-0.4, -0.2) is 55.2 Å². The Kier molecular flexibility index (Phi) is 13.4. The molecule has 1 fully saturated rings. The highest BCUT2D eigenvalue weighted by molar-refractivity contribution is 7.98. The summed E-state index contributed by atoms with van der Waals surface area (Å²) in [5.41, 5.74) is 4.62. The maximum Gasteiger partial charge on any atom is 0.347 e. The third kappa shape index (κ3) is 9.68. The topological polar surface area (TPSA) is 55.8 Å². The molecular weight excluding hydrogens is 506 g/mol. The minimum atomic E-state index is -0.913. The fourth-order valence-corrected chi connectivity index (χ4v) is 5.94. The first-order chi connectivity index (χ1) is 19.0. The maximum absolute atomic E-state index is 13.4. The molecule has 1 saturated carbocycles. The fourth-order valence-electron chi connectivity index (χ4n) is 5.49. The van der Waals surface area contributed by atoms with Crippen LogP contribution in [-0.2, 0) is 20.8 Å². The van der Waals surface area contributed by atoms with Gasteiger partial charge in [-0.3, -0.25) is 4.90 Å². The molecule has 0 aliphatic heterocycles. The van der Waals surface area contributed by atoms with Crippen molar-refractivity contribution in [3.8, 4) is 11.1 Å². The van der Waals surface area contributed by atoms with Gasteiger partial charge in [0.2, 0.25) is 0 Å². The molecule has 6 heteroatoms. The number of aryl methyl sites for hydroxylation is 1. The van der Waals surface area contributed by atoms with Crippen LogP contribution >= 0.6 is 11.8 Å². The summed E-state index contributed by atoms with van der Waals surface area (Å²) in [6.45, 7) is 7.37. The minimum absolute atomic E-state index is 0.421. The number of rotatable bonds is 15. The number of hydrogen-bond acceptors (Lipinski definition) is 6. The van der Waals surface area contributed by atoms with E-state index in [0.717, 1.165) is 42.2 Å². The Balaban J connectivity index is 1.86. The number of methoxy groups -OCH3 is 1. The number of hydrogen-bond donors (Lipinski definition) is 0. The molecule has 0 aromatic heterocycles. The first-order valence-electron chi connectivity index (χ1n) is 14.7.